The van der Waals surface area contributed by atoms with Crippen LogP contribution < -0.4 is 5.32 Å². The summed E-state index contributed by atoms with van der Waals surface area (Å²) in [6.07, 6.45) is 2.70. The van der Waals surface area contributed by atoms with Crippen LogP contribution in [-0.2, 0) is 6.42 Å². The Morgan fingerprint density at radius 1 is 0.929 bits per heavy atom. The number of aromatic amines is 1. The number of carbonyl (C=O) groups excluding carboxylic acids is 1. The SMILES string of the molecule is Cc1ccc(CCN[C@@H](C(=O)c2c[nH]c3ccccc23)c2ccccc2)cc1. The highest BCUT2D eigenvalue weighted by Crippen LogP contribution is 2.24. The highest BCUT2D eigenvalue weighted by Gasteiger charge is 2.23. The molecule has 2 N–H and O–H groups in total. The summed E-state index contributed by atoms with van der Waals surface area (Å²) in [4.78, 5) is 16.6. The van der Waals surface area contributed by atoms with Gasteiger partial charge in [-0.1, -0.05) is 78.4 Å². The second kappa shape index (κ2) is 8.24. The topological polar surface area (TPSA) is 44.9 Å². The Balaban J connectivity index is 1.57. The maximum absolute atomic E-state index is 13.4. The summed E-state index contributed by atoms with van der Waals surface area (Å²) < 4.78 is 0. The molecule has 0 saturated carbocycles. The Morgan fingerprint density at radius 2 is 1.64 bits per heavy atom. The van der Waals surface area contributed by atoms with Gasteiger partial charge in [0.05, 0.1) is 6.04 Å². The fourth-order valence-corrected chi connectivity index (χ4v) is 3.55. The van der Waals surface area contributed by atoms with Gasteiger partial charge in [0.15, 0.2) is 5.78 Å². The lowest BCUT2D eigenvalue weighted by Gasteiger charge is -2.18. The molecule has 3 aromatic carbocycles. The summed E-state index contributed by atoms with van der Waals surface area (Å²) in [5.41, 5.74) is 5.23. The van der Waals surface area contributed by atoms with Crippen LogP contribution in [-0.4, -0.2) is 17.3 Å². The Kier molecular flexibility index (Phi) is 5.36. The molecule has 0 aliphatic carbocycles. The van der Waals surface area contributed by atoms with Crippen molar-refractivity contribution in [1.29, 1.82) is 0 Å². The second-order valence-corrected chi connectivity index (χ2v) is 7.15. The van der Waals surface area contributed by atoms with Gasteiger partial charge in [0, 0.05) is 29.2 Å². The lowest BCUT2D eigenvalue weighted by molar-refractivity contribution is 0.0945. The molecule has 0 unspecified atom stereocenters. The molecule has 28 heavy (non-hydrogen) atoms. The van der Waals surface area contributed by atoms with Gasteiger partial charge in [-0.2, -0.15) is 0 Å². The molecule has 3 nitrogen and oxygen atoms in total. The van der Waals surface area contributed by atoms with Crippen molar-refractivity contribution in [3.8, 4) is 0 Å². The monoisotopic (exact) mass is 368 g/mol. The number of aromatic nitrogens is 1. The van der Waals surface area contributed by atoms with Crippen molar-refractivity contribution in [2.45, 2.75) is 19.4 Å². The minimum Gasteiger partial charge on any atom is -0.360 e. The Morgan fingerprint density at radius 3 is 2.43 bits per heavy atom. The smallest absolute Gasteiger partial charge is 0.186 e. The third-order valence-electron chi connectivity index (χ3n) is 5.13. The number of fused-ring (bicyclic) bond motifs is 1. The maximum atomic E-state index is 13.4. The summed E-state index contributed by atoms with van der Waals surface area (Å²) in [7, 11) is 0. The first-order valence-electron chi connectivity index (χ1n) is 9.66. The van der Waals surface area contributed by atoms with E-state index < -0.39 is 0 Å². The molecule has 3 heteroatoms. The van der Waals surface area contributed by atoms with Gasteiger partial charge in [-0.3, -0.25) is 4.79 Å². The Hall–Kier alpha value is -3.17. The summed E-state index contributed by atoms with van der Waals surface area (Å²) >= 11 is 0. The van der Waals surface area contributed by atoms with Crippen LogP contribution in [0.4, 0.5) is 0 Å². The van der Waals surface area contributed by atoms with Crippen LogP contribution in [0, 0.1) is 6.92 Å². The quantitative estimate of drug-likeness (QED) is 0.439. The molecule has 0 spiro atoms. The number of hydrogen-bond donors (Lipinski definition) is 2. The maximum Gasteiger partial charge on any atom is 0.186 e. The van der Waals surface area contributed by atoms with Crippen molar-refractivity contribution in [1.82, 2.24) is 10.3 Å². The lowest BCUT2D eigenvalue weighted by Crippen LogP contribution is -2.30. The second-order valence-electron chi connectivity index (χ2n) is 7.15. The minimum absolute atomic E-state index is 0.0903. The molecule has 1 heterocycles. The Bertz CT molecular complexity index is 1060. The number of aryl methyl sites for hydroxylation is 1. The van der Waals surface area contributed by atoms with Crippen LogP contribution in [0.1, 0.15) is 33.1 Å². The van der Waals surface area contributed by atoms with Gasteiger partial charge in [-0.15, -0.1) is 0 Å². The fourth-order valence-electron chi connectivity index (χ4n) is 3.55. The van der Waals surface area contributed by atoms with E-state index in [9.17, 15) is 4.79 Å². The standard InChI is InChI=1S/C25H24N2O/c1-18-11-13-19(14-12-18)15-16-26-24(20-7-3-2-4-8-20)25(28)22-17-27-23-10-6-5-9-21(22)23/h2-14,17,24,26-27H,15-16H2,1H3/t24-/m1/s1. The minimum atomic E-state index is -0.370. The Labute approximate surface area is 165 Å². The zero-order valence-corrected chi connectivity index (χ0v) is 16.0. The number of carbonyl (C=O) groups is 1. The third kappa shape index (κ3) is 3.90. The van der Waals surface area contributed by atoms with Gasteiger partial charge in [-0.25, -0.2) is 0 Å². The van der Waals surface area contributed by atoms with Gasteiger partial charge in [-0.05, 0) is 30.5 Å². The fraction of sp³-hybridized carbons (Fsp3) is 0.160. The number of H-pyrrole nitrogens is 1. The van der Waals surface area contributed by atoms with E-state index in [1.807, 2.05) is 60.8 Å². The van der Waals surface area contributed by atoms with Crippen molar-refractivity contribution in [3.63, 3.8) is 0 Å². The average molecular weight is 368 g/mol. The van der Waals surface area contributed by atoms with E-state index in [-0.39, 0.29) is 11.8 Å². The third-order valence-corrected chi connectivity index (χ3v) is 5.13. The van der Waals surface area contributed by atoms with Crippen molar-refractivity contribution >= 4 is 16.7 Å². The number of para-hydroxylation sites is 1. The van der Waals surface area contributed by atoms with Crippen LogP contribution in [0.15, 0.2) is 85.1 Å². The van der Waals surface area contributed by atoms with Gasteiger partial charge in [0.1, 0.15) is 0 Å². The molecule has 1 atom stereocenters. The van der Waals surface area contributed by atoms with E-state index in [1.165, 1.54) is 11.1 Å². The van der Waals surface area contributed by atoms with E-state index in [2.05, 4.69) is 41.5 Å². The molecular formula is C25H24N2O. The number of benzene rings is 3. The van der Waals surface area contributed by atoms with Crippen LogP contribution >= 0.6 is 0 Å². The largest absolute Gasteiger partial charge is 0.360 e. The molecule has 0 aliphatic heterocycles. The zero-order valence-electron chi connectivity index (χ0n) is 16.0. The number of rotatable bonds is 7. The van der Waals surface area contributed by atoms with Gasteiger partial charge in [0.2, 0.25) is 0 Å². The molecule has 0 saturated heterocycles. The molecule has 1 aromatic heterocycles. The van der Waals surface area contributed by atoms with Gasteiger partial charge >= 0.3 is 0 Å². The summed E-state index contributed by atoms with van der Waals surface area (Å²) in [5, 5.41) is 4.45. The van der Waals surface area contributed by atoms with E-state index in [0.29, 0.717) is 0 Å². The first-order valence-corrected chi connectivity index (χ1v) is 9.66. The van der Waals surface area contributed by atoms with E-state index >= 15 is 0 Å². The predicted octanol–water partition coefficient (Wildman–Crippen LogP) is 5.23. The summed E-state index contributed by atoms with van der Waals surface area (Å²) in [6, 6.07) is 26.1. The number of hydrogen-bond acceptors (Lipinski definition) is 2. The average Bonchev–Trinajstić information content (AvgIpc) is 3.17. The van der Waals surface area contributed by atoms with Crippen molar-refractivity contribution in [2.75, 3.05) is 6.54 Å². The molecule has 140 valence electrons. The summed E-state index contributed by atoms with van der Waals surface area (Å²) in [5.74, 6) is 0.0903. The number of nitrogens with one attached hydrogen (secondary N) is 2. The van der Waals surface area contributed by atoms with E-state index in [1.54, 1.807) is 0 Å². The first-order chi connectivity index (χ1) is 13.7. The van der Waals surface area contributed by atoms with E-state index in [4.69, 9.17) is 0 Å². The zero-order chi connectivity index (χ0) is 19.3. The molecule has 0 aliphatic rings. The molecule has 0 radical (unpaired) electrons. The molecule has 4 rings (SSSR count). The number of Topliss-reactive ketones (excluding diaryl/α,β-unsaturated/α-hetero) is 1. The lowest BCUT2D eigenvalue weighted by atomic mass is 9.96. The van der Waals surface area contributed by atoms with Crippen molar-refractivity contribution in [2.24, 2.45) is 0 Å². The van der Waals surface area contributed by atoms with Crippen LogP contribution in [0.5, 0.6) is 0 Å². The molecular weight excluding hydrogens is 344 g/mol. The summed E-state index contributed by atoms with van der Waals surface area (Å²) in [6.45, 7) is 2.82. The highest BCUT2D eigenvalue weighted by molar-refractivity contribution is 6.10. The highest BCUT2D eigenvalue weighted by atomic mass is 16.1. The molecule has 0 bridgehead atoms. The molecule has 0 amide bonds. The van der Waals surface area contributed by atoms with Crippen LogP contribution in [0.2, 0.25) is 0 Å². The van der Waals surface area contributed by atoms with Crippen molar-refractivity contribution < 1.29 is 4.79 Å². The molecule has 0 fully saturated rings. The van der Waals surface area contributed by atoms with Crippen LogP contribution in [0.25, 0.3) is 10.9 Å². The first kappa shape index (κ1) is 18.2. The van der Waals surface area contributed by atoms with Crippen LogP contribution in [0.3, 0.4) is 0 Å². The number of ketones is 1. The van der Waals surface area contributed by atoms with Gasteiger partial charge < -0.3 is 10.3 Å². The normalized spacial score (nSPS) is 12.2. The van der Waals surface area contributed by atoms with E-state index in [0.717, 1.165) is 35.0 Å². The van der Waals surface area contributed by atoms with Gasteiger partial charge in [0.25, 0.3) is 0 Å². The van der Waals surface area contributed by atoms with Crippen molar-refractivity contribution in [3.05, 3.63) is 107 Å². The predicted molar refractivity (Wildman–Crippen MR) is 115 cm³/mol. The molecule has 4 aromatic rings.